The molecule has 0 rings (SSSR count). The predicted octanol–water partition coefficient (Wildman–Crippen LogP) is -0.0389. The van der Waals surface area contributed by atoms with Crippen LogP contribution in [0.3, 0.4) is 0 Å². The molecule has 6 heteroatoms. The van der Waals surface area contributed by atoms with E-state index in [0.29, 0.717) is 0 Å². The van der Waals surface area contributed by atoms with E-state index in [9.17, 15) is 14.4 Å². The van der Waals surface area contributed by atoms with E-state index in [1.165, 1.54) is 19.1 Å². The van der Waals surface area contributed by atoms with Gasteiger partial charge in [0.15, 0.2) is 0 Å². The van der Waals surface area contributed by atoms with E-state index in [0.717, 1.165) is 0 Å². The number of carbonyl (C=O) groups is 3. The monoisotopic (exact) mass is 231 g/mol. The van der Waals surface area contributed by atoms with E-state index in [-0.39, 0.29) is 31.8 Å². The number of hydrogen-bond donors (Lipinski definition) is 0. The summed E-state index contributed by atoms with van der Waals surface area (Å²) >= 11 is 0. The SMILES string of the molecule is CCC(=O)N(CCC(=O)OC)CC(=O)OC. The normalized spacial score (nSPS) is 9.44. The van der Waals surface area contributed by atoms with Gasteiger partial charge in [-0.1, -0.05) is 6.92 Å². The Bertz CT molecular complexity index is 264. The summed E-state index contributed by atoms with van der Waals surface area (Å²) in [6.07, 6.45) is 0.345. The fraction of sp³-hybridized carbons (Fsp3) is 0.700. The third-order valence-electron chi connectivity index (χ3n) is 2.02. The van der Waals surface area contributed by atoms with Gasteiger partial charge in [-0.2, -0.15) is 0 Å². The molecule has 0 aliphatic carbocycles. The van der Waals surface area contributed by atoms with Crippen LogP contribution in [0.4, 0.5) is 0 Å². The van der Waals surface area contributed by atoms with E-state index < -0.39 is 11.9 Å². The second kappa shape index (κ2) is 7.67. The molecule has 0 radical (unpaired) electrons. The largest absolute Gasteiger partial charge is 0.469 e. The Morgan fingerprint density at radius 1 is 1.06 bits per heavy atom. The first-order valence-electron chi connectivity index (χ1n) is 4.96. The summed E-state index contributed by atoms with van der Waals surface area (Å²) in [4.78, 5) is 34.6. The minimum absolute atomic E-state index is 0.0687. The van der Waals surface area contributed by atoms with Crippen LogP contribution in [0.2, 0.25) is 0 Å². The Kier molecular flexibility index (Phi) is 6.91. The van der Waals surface area contributed by atoms with Gasteiger partial charge in [-0.3, -0.25) is 14.4 Å². The molecule has 0 saturated carbocycles. The van der Waals surface area contributed by atoms with Crippen LogP contribution in [0, 0.1) is 0 Å². The van der Waals surface area contributed by atoms with Crippen molar-refractivity contribution in [3.8, 4) is 0 Å². The van der Waals surface area contributed by atoms with Crippen LogP contribution < -0.4 is 0 Å². The van der Waals surface area contributed by atoms with Crippen LogP contribution in [-0.2, 0) is 23.9 Å². The average Bonchev–Trinajstić information content (AvgIpc) is 2.32. The highest BCUT2D eigenvalue weighted by Crippen LogP contribution is 1.98. The maximum Gasteiger partial charge on any atom is 0.325 e. The van der Waals surface area contributed by atoms with Crippen molar-refractivity contribution in [3.05, 3.63) is 0 Å². The molecule has 0 N–H and O–H groups in total. The lowest BCUT2D eigenvalue weighted by Crippen LogP contribution is -2.37. The summed E-state index contributed by atoms with van der Waals surface area (Å²) in [6, 6.07) is 0. The Morgan fingerprint density at radius 3 is 2.06 bits per heavy atom. The van der Waals surface area contributed by atoms with Crippen molar-refractivity contribution in [1.82, 2.24) is 4.90 Å². The highest BCUT2D eigenvalue weighted by molar-refractivity contribution is 5.82. The number of rotatable bonds is 6. The summed E-state index contributed by atoms with van der Waals surface area (Å²) in [6.45, 7) is 1.71. The lowest BCUT2D eigenvalue weighted by Gasteiger charge is -2.20. The van der Waals surface area contributed by atoms with Gasteiger partial charge in [-0.15, -0.1) is 0 Å². The zero-order valence-electron chi connectivity index (χ0n) is 9.82. The van der Waals surface area contributed by atoms with Crippen molar-refractivity contribution in [1.29, 1.82) is 0 Å². The number of nitrogens with zero attached hydrogens (tertiary/aromatic N) is 1. The summed E-state index contributed by atoms with van der Waals surface area (Å²) in [5.41, 5.74) is 0. The van der Waals surface area contributed by atoms with Crippen LogP contribution in [-0.4, -0.2) is 50.1 Å². The van der Waals surface area contributed by atoms with Crippen LogP contribution >= 0.6 is 0 Å². The first-order chi connectivity index (χ1) is 7.54. The van der Waals surface area contributed by atoms with Gasteiger partial charge in [0.05, 0.1) is 20.6 Å². The Hall–Kier alpha value is -1.59. The summed E-state index contributed by atoms with van der Waals surface area (Å²) in [5, 5.41) is 0. The van der Waals surface area contributed by atoms with E-state index in [1.54, 1.807) is 6.92 Å². The first-order valence-corrected chi connectivity index (χ1v) is 4.96. The van der Waals surface area contributed by atoms with Gasteiger partial charge in [0.1, 0.15) is 6.54 Å². The number of carbonyl (C=O) groups excluding carboxylic acids is 3. The lowest BCUT2D eigenvalue weighted by atomic mass is 10.3. The number of amides is 1. The minimum Gasteiger partial charge on any atom is -0.469 e. The van der Waals surface area contributed by atoms with E-state index in [1.807, 2.05) is 0 Å². The molecule has 0 aromatic rings. The molecule has 1 amide bonds. The van der Waals surface area contributed by atoms with Crippen molar-refractivity contribution in [3.63, 3.8) is 0 Å². The van der Waals surface area contributed by atoms with Gasteiger partial charge in [-0.25, -0.2) is 0 Å². The smallest absolute Gasteiger partial charge is 0.325 e. The molecule has 0 aliphatic heterocycles. The molecular weight excluding hydrogens is 214 g/mol. The van der Waals surface area contributed by atoms with Gasteiger partial charge in [-0.05, 0) is 0 Å². The minimum atomic E-state index is -0.508. The average molecular weight is 231 g/mol. The van der Waals surface area contributed by atoms with Crippen molar-refractivity contribution in [2.24, 2.45) is 0 Å². The van der Waals surface area contributed by atoms with Crippen LogP contribution in [0.5, 0.6) is 0 Å². The number of hydrogen-bond acceptors (Lipinski definition) is 5. The van der Waals surface area contributed by atoms with Crippen LogP contribution in [0.15, 0.2) is 0 Å². The molecule has 0 atom stereocenters. The molecule has 0 saturated heterocycles. The molecule has 0 aromatic heterocycles. The molecule has 92 valence electrons. The topological polar surface area (TPSA) is 72.9 Å². The molecule has 0 fully saturated rings. The molecule has 0 heterocycles. The van der Waals surface area contributed by atoms with Gasteiger partial charge in [0.2, 0.25) is 5.91 Å². The molecule has 0 aliphatic rings. The predicted molar refractivity (Wildman–Crippen MR) is 55.5 cm³/mol. The molecule has 16 heavy (non-hydrogen) atoms. The molecule has 0 spiro atoms. The standard InChI is InChI=1S/C10H17NO5/c1-4-8(12)11(7-10(14)16-3)6-5-9(13)15-2/h4-7H2,1-3H3. The second-order valence-electron chi connectivity index (χ2n) is 3.07. The lowest BCUT2D eigenvalue weighted by molar-refractivity contribution is -0.148. The molecule has 0 aromatic carbocycles. The highest BCUT2D eigenvalue weighted by Gasteiger charge is 2.17. The van der Waals surface area contributed by atoms with Gasteiger partial charge in [0.25, 0.3) is 0 Å². The van der Waals surface area contributed by atoms with Crippen molar-refractivity contribution in [2.45, 2.75) is 19.8 Å². The van der Waals surface area contributed by atoms with Crippen LogP contribution in [0.25, 0.3) is 0 Å². The van der Waals surface area contributed by atoms with Gasteiger partial charge in [0, 0.05) is 13.0 Å². The quantitative estimate of drug-likeness (QED) is 0.600. The van der Waals surface area contributed by atoms with E-state index in [4.69, 9.17) is 0 Å². The fourth-order valence-corrected chi connectivity index (χ4v) is 1.06. The fourth-order valence-electron chi connectivity index (χ4n) is 1.06. The van der Waals surface area contributed by atoms with Crippen LogP contribution in [0.1, 0.15) is 19.8 Å². The van der Waals surface area contributed by atoms with Gasteiger partial charge >= 0.3 is 11.9 Å². The van der Waals surface area contributed by atoms with E-state index >= 15 is 0 Å². The summed E-state index contributed by atoms with van der Waals surface area (Å²) < 4.78 is 8.91. The maximum atomic E-state index is 11.4. The summed E-state index contributed by atoms with van der Waals surface area (Å²) in [5.74, 6) is -1.13. The number of methoxy groups -OCH3 is 2. The molecule has 0 unspecified atom stereocenters. The first kappa shape index (κ1) is 14.4. The summed E-state index contributed by atoms with van der Waals surface area (Å²) in [7, 11) is 2.52. The van der Waals surface area contributed by atoms with Crippen molar-refractivity contribution >= 4 is 17.8 Å². The maximum absolute atomic E-state index is 11.4. The Labute approximate surface area is 94.5 Å². The van der Waals surface area contributed by atoms with Crippen molar-refractivity contribution in [2.75, 3.05) is 27.3 Å². The molecular formula is C10H17NO5. The van der Waals surface area contributed by atoms with E-state index in [2.05, 4.69) is 9.47 Å². The molecule has 0 bridgehead atoms. The number of ether oxygens (including phenoxy) is 2. The zero-order valence-corrected chi connectivity index (χ0v) is 9.82. The Morgan fingerprint density at radius 2 is 1.62 bits per heavy atom. The van der Waals surface area contributed by atoms with Crippen molar-refractivity contribution < 1.29 is 23.9 Å². The second-order valence-corrected chi connectivity index (χ2v) is 3.07. The van der Waals surface area contributed by atoms with Gasteiger partial charge < -0.3 is 14.4 Å². The highest BCUT2D eigenvalue weighted by atomic mass is 16.5. The Balaban J connectivity index is 4.26. The zero-order chi connectivity index (χ0) is 12.6. The third-order valence-corrected chi connectivity index (χ3v) is 2.02. The number of esters is 2. The molecule has 6 nitrogen and oxygen atoms in total. The third kappa shape index (κ3) is 5.33.